The molecule has 0 aliphatic carbocycles. The number of likely N-dealkylation sites (N-methyl/N-ethyl adjacent to an activating group) is 2. The van der Waals surface area contributed by atoms with E-state index in [0.29, 0.717) is 0 Å². The highest BCUT2D eigenvalue weighted by Gasteiger charge is 2.07. The van der Waals surface area contributed by atoms with Gasteiger partial charge < -0.3 is 20.0 Å². The summed E-state index contributed by atoms with van der Waals surface area (Å²) in [6.07, 6.45) is 3.15. The second-order valence-corrected chi connectivity index (χ2v) is 5.12. The molecule has 4 heteroatoms. The third-order valence-electron chi connectivity index (χ3n) is 2.48. The molecule has 0 amide bonds. The Hall–Kier alpha value is -0.160. The summed E-state index contributed by atoms with van der Waals surface area (Å²) in [7, 11) is 7.85. The molecule has 2 atom stereocenters. The van der Waals surface area contributed by atoms with E-state index in [-0.39, 0.29) is 12.2 Å². The van der Waals surface area contributed by atoms with E-state index in [4.69, 9.17) is 0 Å². The van der Waals surface area contributed by atoms with Crippen molar-refractivity contribution < 1.29 is 10.2 Å². The number of nitrogens with zero attached hydrogens (tertiary/aromatic N) is 2. The summed E-state index contributed by atoms with van der Waals surface area (Å²) in [5.74, 6) is 0. The smallest absolute Gasteiger partial charge is 0.0666 e. The van der Waals surface area contributed by atoms with Gasteiger partial charge in [0, 0.05) is 13.1 Å². The van der Waals surface area contributed by atoms with Crippen molar-refractivity contribution in [2.24, 2.45) is 0 Å². The highest BCUT2D eigenvalue weighted by molar-refractivity contribution is 4.62. The molecule has 0 aliphatic rings. The van der Waals surface area contributed by atoms with Crippen LogP contribution in [0, 0.1) is 0 Å². The second-order valence-electron chi connectivity index (χ2n) is 5.12. The maximum Gasteiger partial charge on any atom is 0.0666 e. The highest BCUT2D eigenvalue weighted by Crippen LogP contribution is 2.07. The van der Waals surface area contributed by atoms with E-state index >= 15 is 0 Å². The van der Waals surface area contributed by atoms with Gasteiger partial charge in [0.2, 0.25) is 0 Å². The molecule has 0 fully saturated rings. The second kappa shape index (κ2) is 8.93. The Bertz CT molecular complexity index is 145. The normalized spacial score (nSPS) is 15.8. The summed E-state index contributed by atoms with van der Waals surface area (Å²) < 4.78 is 0. The summed E-state index contributed by atoms with van der Waals surface area (Å²) in [5.41, 5.74) is 0. The Morgan fingerprint density at radius 1 is 0.750 bits per heavy atom. The van der Waals surface area contributed by atoms with E-state index < -0.39 is 0 Å². The van der Waals surface area contributed by atoms with Gasteiger partial charge in [-0.1, -0.05) is 12.8 Å². The number of hydrogen-bond donors (Lipinski definition) is 2. The summed E-state index contributed by atoms with van der Waals surface area (Å²) >= 11 is 0. The van der Waals surface area contributed by atoms with Gasteiger partial charge in [-0.05, 0) is 41.0 Å². The van der Waals surface area contributed by atoms with E-state index in [1.807, 2.05) is 38.0 Å². The van der Waals surface area contributed by atoms with Crippen molar-refractivity contribution >= 4 is 0 Å². The van der Waals surface area contributed by atoms with Crippen LogP contribution < -0.4 is 0 Å². The van der Waals surface area contributed by atoms with Crippen LogP contribution in [0.2, 0.25) is 0 Å². The molecule has 0 bridgehead atoms. The van der Waals surface area contributed by atoms with Crippen molar-refractivity contribution in [1.29, 1.82) is 0 Å². The Kier molecular flexibility index (Phi) is 8.84. The van der Waals surface area contributed by atoms with Gasteiger partial charge in [0.05, 0.1) is 12.2 Å². The summed E-state index contributed by atoms with van der Waals surface area (Å²) in [6.45, 7) is 1.44. The topological polar surface area (TPSA) is 46.9 Å². The highest BCUT2D eigenvalue weighted by atomic mass is 16.3. The first-order valence-electron chi connectivity index (χ1n) is 6.07. The maximum absolute atomic E-state index is 9.62. The minimum absolute atomic E-state index is 0.235. The Morgan fingerprint density at radius 2 is 1.06 bits per heavy atom. The van der Waals surface area contributed by atoms with Crippen LogP contribution in [0.3, 0.4) is 0 Å². The first-order valence-corrected chi connectivity index (χ1v) is 6.07. The number of rotatable bonds is 9. The summed E-state index contributed by atoms with van der Waals surface area (Å²) in [4.78, 5) is 3.98. The lowest BCUT2D eigenvalue weighted by Crippen LogP contribution is -2.26. The fourth-order valence-corrected chi connectivity index (χ4v) is 1.79. The molecule has 98 valence electrons. The molecule has 2 N–H and O–H groups in total. The molecule has 0 aliphatic heterocycles. The largest absolute Gasteiger partial charge is 0.392 e. The van der Waals surface area contributed by atoms with Gasteiger partial charge in [-0.15, -0.1) is 0 Å². The van der Waals surface area contributed by atoms with Crippen LogP contribution in [-0.2, 0) is 0 Å². The number of unbranched alkanes of at least 4 members (excludes halogenated alkanes) is 1. The maximum atomic E-state index is 9.62. The zero-order chi connectivity index (χ0) is 12.6. The van der Waals surface area contributed by atoms with Crippen molar-refractivity contribution in [3.05, 3.63) is 0 Å². The van der Waals surface area contributed by atoms with Gasteiger partial charge >= 0.3 is 0 Å². The average Bonchev–Trinajstić information content (AvgIpc) is 2.10. The van der Waals surface area contributed by atoms with Crippen molar-refractivity contribution in [2.45, 2.75) is 37.9 Å². The standard InChI is InChI=1S/C12H28N2O2/c1-13(2)9-11(15)7-5-6-8-12(16)10-14(3)4/h11-12,15-16H,5-10H2,1-4H3. The van der Waals surface area contributed by atoms with Crippen LogP contribution in [0.5, 0.6) is 0 Å². The van der Waals surface area contributed by atoms with E-state index in [1.54, 1.807) is 0 Å². The van der Waals surface area contributed by atoms with Crippen molar-refractivity contribution in [3.63, 3.8) is 0 Å². The molecule has 2 unspecified atom stereocenters. The number of hydrogen-bond acceptors (Lipinski definition) is 4. The van der Waals surface area contributed by atoms with E-state index in [1.165, 1.54) is 0 Å². The zero-order valence-corrected chi connectivity index (χ0v) is 11.2. The van der Waals surface area contributed by atoms with Crippen LogP contribution in [0.25, 0.3) is 0 Å². The lowest BCUT2D eigenvalue weighted by atomic mass is 10.1. The van der Waals surface area contributed by atoms with Crippen LogP contribution in [0.1, 0.15) is 25.7 Å². The minimum atomic E-state index is -0.235. The Balaban J connectivity index is 3.38. The third-order valence-corrected chi connectivity index (χ3v) is 2.48. The predicted molar refractivity (Wildman–Crippen MR) is 67.6 cm³/mol. The van der Waals surface area contributed by atoms with Crippen LogP contribution in [-0.4, -0.2) is 73.5 Å². The lowest BCUT2D eigenvalue weighted by Gasteiger charge is -2.17. The fourth-order valence-electron chi connectivity index (χ4n) is 1.79. The fraction of sp³-hybridized carbons (Fsp3) is 1.00. The molecule has 0 spiro atoms. The molecule has 0 saturated carbocycles. The quantitative estimate of drug-likeness (QED) is 0.565. The number of aliphatic hydroxyl groups excluding tert-OH is 2. The molecule has 0 aromatic carbocycles. The molecule has 0 aromatic rings. The zero-order valence-electron chi connectivity index (χ0n) is 11.2. The molecule has 0 aromatic heterocycles. The van der Waals surface area contributed by atoms with Gasteiger partial charge in [0.25, 0.3) is 0 Å². The van der Waals surface area contributed by atoms with Crippen molar-refractivity contribution in [1.82, 2.24) is 9.80 Å². The van der Waals surface area contributed by atoms with Crippen LogP contribution >= 0.6 is 0 Å². The van der Waals surface area contributed by atoms with Gasteiger partial charge in [0.1, 0.15) is 0 Å². The molecule has 0 rings (SSSR count). The average molecular weight is 232 g/mol. The predicted octanol–water partition coefficient (Wildman–Crippen LogP) is 0.392. The van der Waals surface area contributed by atoms with E-state index in [2.05, 4.69) is 0 Å². The molecule has 0 heterocycles. The molecule has 0 radical (unpaired) electrons. The minimum Gasteiger partial charge on any atom is -0.392 e. The SMILES string of the molecule is CN(C)CC(O)CCCCC(O)CN(C)C. The van der Waals surface area contributed by atoms with E-state index in [9.17, 15) is 10.2 Å². The lowest BCUT2D eigenvalue weighted by molar-refractivity contribution is 0.111. The number of aliphatic hydroxyl groups is 2. The van der Waals surface area contributed by atoms with Crippen molar-refractivity contribution in [3.8, 4) is 0 Å². The third kappa shape index (κ3) is 10.4. The van der Waals surface area contributed by atoms with Crippen LogP contribution in [0.15, 0.2) is 0 Å². The monoisotopic (exact) mass is 232 g/mol. The van der Waals surface area contributed by atoms with E-state index in [0.717, 1.165) is 38.8 Å². The Morgan fingerprint density at radius 3 is 1.31 bits per heavy atom. The molecular formula is C12H28N2O2. The van der Waals surface area contributed by atoms with Gasteiger partial charge in [-0.25, -0.2) is 0 Å². The molecule has 0 saturated heterocycles. The first-order chi connectivity index (χ1) is 7.41. The Labute approximate surface area is 99.9 Å². The molecular weight excluding hydrogens is 204 g/mol. The van der Waals surface area contributed by atoms with Gasteiger partial charge in [-0.3, -0.25) is 0 Å². The summed E-state index contributed by atoms with van der Waals surface area (Å²) in [6, 6.07) is 0. The van der Waals surface area contributed by atoms with Crippen molar-refractivity contribution in [2.75, 3.05) is 41.3 Å². The first kappa shape index (κ1) is 15.8. The van der Waals surface area contributed by atoms with Gasteiger partial charge in [-0.2, -0.15) is 0 Å². The molecule has 4 nitrogen and oxygen atoms in total. The van der Waals surface area contributed by atoms with Crippen LogP contribution in [0.4, 0.5) is 0 Å². The molecule has 16 heavy (non-hydrogen) atoms. The van der Waals surface area contributed by atoms with Gasteiger partial charge in [0.15, 0.2) is 0 Å². The summed E-state index contributed by atoms with van der Waals surface area (Å²) in [5, 5.41) is 19.2.